The lowest BCUT2D eigenvalue weighted by atomic mass is 10.1. The number of rotatable bonds is 7. The van der Waals surface area contributed by atoms with Crippen LogP contribution in [0.1, 0.15) is 36.2 Å². The Kier molecular flexibility index (Phi) is 6.49. The molecule has 3 N–H and O–H groups in total. The third-order valence-electron chi connectivity index (χ3n) is 3.18. The average molecular weight is 323 g/mol. The van der Waals surface area contributed by atoms with Crippen molar-refractivity contribution in [2.24, 2.45) is 5.92 Å². The molecule has 8 nitrogen and oxygen atoms in total. The van der Waals surface area contributed by atoms with Crippen LogP contribution < -0.4 is 11.1 Å². The van der Waals surface area contributed by atoms with E-state index in [-0.39, 0.29) is 41.8 Å². The molecular weight excluding hydrogens is 302 g/mol. The summed E-state index contributed by atoms with van der Waals surface area (Å²) in [7, 11) is 0. The smallest absolute Gasteiger partial charge is 0.306 e. The SMILES string of the molecule is CCOC(=O)C[C@H](C)CNC(=O)c1cc(C)cc([N+](=O)[O-])c1N. The Morgan fingerprint density at radius 1 is 1.43 bits per heavy atom. The van der Waals surface area contributed by atoms with Crippen LogP contribution in [0.2, 0.25) is 0 Å². The predicted octanol–water partition coefficient (Wildman–Crippen LogP) is 1.80. The van der Waals surface area contributed by atoms with E-state index >= 15 is 0 Å². The monoisotopic (exact) mass is 323 g/mol. The number of carbonyl (C=O) groups excluding carboxylic acids is 2. The molecule has 126 valence electrons. The number of amides is 1. The first kappa shape index (κ1) is 18.4. The lowest BCUT2D eigenvalue weighted by Crippen LogP contribution is -2.30. The summed E-state index contributed by atoms with van der Waals surface area (Å²) >= 11 is 0. The first-order valence-electron chi connectivity index (χ1n) is 7.24. The molecule has 0 heterocycles. The molecule has 0 saturated heterocycles. The number of nitro benzene ring substituents is 1. The second kappa shape index (κ2) is 8.11. The number of carbonyl (C=O) groups is 2. The minimum Gasteiger partial charge on any atom is -0.466 e. The Hall–Kier alpha value is -2.64. The van der Waals surface area contributed by atoms with E-state index in [9.17, 15) is 19.7 Å². The van der Waals surface area contributed by atoms with Crippen molar-refractivity contribution in [1.82, 2.24) is 5.32 Å². The molecule has 0 saturated carbocycles. The number of esters is 1. The summed E-state index contributed by atoms with van der Waals surface area (Å²) in [6.45, 7) is 5.70. The van der Waals surface area contributed by atoms with Gasteiger partial charge in [-0.15, -0.1) is 0 Å². The van der Waals surface area contributed by atoms with Crippen LogP contribution >= 0.6 is 0 Å². The molecular formula is C15H21N3O5. The van der Waals surface area contributed by atoms with Crippen LogP contribution in [0.5, 0.6) is 0 Å². The van der Waals surface area contributed by atoms with Crippen molar-refractivity contribution < 1.29 is 19.2 Å². The highest BCUT2D eigenvalue weighted by atomic mass is 16.6. The highest BCUT2D eigenvalue weighted by Crippen LogP contribution is 2.27. The van der Waals surface area contributed by atoms with Crippen LogP contribution in [0, 0.1) is 23.0 Å². The topological polar surface area (TPSA) is 125 Å². The van der Waals surface area contributed by atoms with Gasteiger partial charge in [-0.2, -0.15) is 0 Å². The Labute approximate surface area is 134 Å². The van der Waals surface area contributed by atoms with Gasteiger partial charge in [0.25, 0.3) is 11.6 Å². The number of nitro groups is 1. The lowest BCUT2D eigenvalue weighted by Gasteiger charge is -2.13. The van der Waals surface area contributed by atoms with Gasteiger partial charge in [0.15, 0.2) is 0 Å². The Morgan fingerprint density at radius 3 is 2.65 bits per heavy atom. The molecule has 0 radical (unpaired) electrons. The molecule has 1 aromatic carbocycles. The summed E-state index contributed by atoms with van der Waals surface area (Å²) in [5.74, 6) is -0.969. The largest absolute Gasteiger partial charge is 0.466 e. The standard InChI is InChI=1S/C15H21N3O5/c1-4-23-13(19)7-10(3)8-17-15(20)11-5-9(2)6-12(14(11)16)18(21)22/h5-6,10H,4,7-8,16H2,1-3H3,(H,17,20)/t10-/m0/s1. The van der Waals surface area contributed by atoms with E-state index in [1.807, 2.05) is 0 Å². The zero-order chi connectivity index (χ0) is 17.6. The van der Waals surface area contributed by atoms with Crippen LogP contribution in [0.3, 0.4) is 0 Å². The van der Waals surface area contributed by atoms with E-state index in [2.05, 4.69) is 5.32 Å². The predicted molar refractivity (Wildman–Crippen MR) is 85.0 cm³/mol. The summed E-state index contributed by atoms with van der Waals surface area (Å²) < 4.78 is 4.83. The highest BCUT2D eigenvalue weighted by molar-refractivity contribution is 6.01. The van der Waals surface area contributed by atoms with Crippen LogP contribution in [0.4, 0.5) is 11.4 Å². The molecule has 1 atom stereocenters. The molecule has 8 heteroatoms. The molecule has 0 aromatic heterocycles. The molecule has 1 amide bonds. The van der Waals surface area contributed by atoms with E-state index < -0.39 is 10.8 Å². The Morgan fingerprint density at radius 2 is 2.09 bits per heavy atom. The van der Waals surface area contributed by atoms with Crippen molar-refractivity contribution >= 4 is 23.3 Å². The number of hydrogen-bond donors (Lipinski definition) is 2. The van der Waals surface area contributed by atoms with Crippen molar-refractivity contribution in [3.63, 3.8) is 0 Å². The van der Waals surface area contributed by atoms with Crippen molar-refractivity contribution in [1.29, 1.82) is 0 Å². The van der Waals surface area contributed by atoms with Gasteiger partial charge in [0.2, 0.25) is 0 Å². The number of nitrogen functional groups attached to an aromatic ring is 1. The number of ether oxygens (including phenoxy) is 1. The van der Waals surface area contributed by atoms with Crippen molar-refractivity contribution in [2.45, 2.75) is 27.2 Å². The van der Waals surface area contributed by atoms with Crippen molar-refractivity contribution in [3.8, 4) is 0 Å². The molecule has 0 aliphatic carbocycles. The van der Waals surface area contributed by atoms with Gasteiger partial charge in [0, 0.05) is 19.0 Å². The van der Waals surface area contributed by atoms with E-state index in [0.717, 1.165) is 0 Å². The highest BCUT2D eigenvalue weighted by Gasteiger charge is 2.21. The zero-order valence-corrected chi connectivity index (χ0v) is 13.4. The number of anilines is 1. The minimum atomic E-state index is -0.623. The summed E-state index contributed by atoms with van der Waals surface area (Å²) in [6, 6.07) is 2.81. The van der Waals surface area contributed by atoms with Crippen LogP contribution in [0.15, 0.2) is 12.1 Å². The molecule has 0 aliphatic heterocycles. The third kappa shape index (κ3) is 5.24. The van der Waals surface area contributed by atoms with E-state index in [1.54, 1.807) is 20.8 Å². The Balaban J connectivity index is 2.75. The first-order valence-corrected chi connectivity index (χ1v) is 7.24. The van der Waals surface area contributed by atoms with Gasteiger partial charge in [-0.25, -0.2) is 0 Å². The fraction of sp³-hybridized carbons (Fsp3) is 0.467. The molecule has 23 heavy (non-hydrogen) atoms. The molecule has 1 aromatic rings. The fourth-order valence-corrected chi connectivity index (χ4v) is 2.06. The van der Waals surface area contributed by atoms with Gasteiger partial charge in [0.1, 0.15) is 5.69 Å². The number of hydrogen-bond acceptors (Lipinski definition) is 6. The lowest BCUT2D eigenvalue weighted by molar-refractivity contribution is -0.384. The van der Waals surface area contributed by atoms with Crippen LogP contribution in [-0.2, 0) is 9.53 Å². The van der Waals surface area contributed by atoms with Gasteiger partial charge >= 0.3 is 5.97 Å². The molecule has 1 rings (SSSR count). The maximum absolute atomic E-state index is 12.2. The molecule has 0 spiro atoms. The second-order valence-corrected chi connectivity index (χ2v) is 5.33. The number of benzene rings is 1. The van der Waals surface area contributed by atoms with E-state index in [4.69, 9.17) is 10.5 Å². The fourth-order valence-electron chi connectivity index (χ4n) is 2.06. The van der Waals surface area contributed by atoms with Gasteiger partial charge in [-0.05, 0) is 31.4 Å². The maximum Gasteiger partial charge on any atom is 0.306 e. The number of nitrogens with two attached hydrogens (primary N) is 1. The average Bonchev–Trinajstić information content (AvgIpc) is 2.46. The van der Waals surface area contributed by atoms with Crippen LogP contribution in [0.25, 0.3) is 0 Å². The van der Waals surface area contributed by atoms with Crippen molar-refractivity contribution in [2.75, 3.05) is 18.9 Å². The third-order valence-corrected chi connectivity index (χ3v) is 3.18. The molecule has 0 fully saturated rings. The zero-order valence-electron chi connectivity index (χ0n) is 13.4. The van der Waals surface area contributed by atoms with Crippen molar-refractivity contribution in [3.05, 3.63) is 33.4 Å². The van der Waals surface area contributed by atoms with Gasteiger partial charge < -0.3 is 15.8 Å². The molecule has 0 bridgehead atoms. The molecule has 0 unspecified atom stereocenters. The summed E-state index contributed by atoms with van der Waals surface area (Å²) in [5, 5.41) is 13.6. The van der Waals surface area contributed by atoms with E-state index in [0.29, 0.717) is 12.2 Å². The van der Waals surface area contributed by atoms with Crippen LogP contribution in [-0.4, -0.2) is 30.0 Å². The quantitative estimate of drug-likeness (QED) is 0.341. The maximum atomic E-state index is 12.2. The molecule has 0 aliphatic rings. The normalized spacial score (nSPS) is 11.6. The number of nitrogens with zero attached hydrogens (tertiary/aromatic N) is 1. The van der Waals surface area contributed by atoms with Gasteiger partial charge in [-0.1, -0.05) is 6.92 Å². The summed E-state index contributed by atoms with van der Waals surface area (Å²) in [4.78, 5) is 33.9. The van der Waals surface area contributed by atoms with Gasteiger partial charge in [0.05, 0.1) is 17.1 Å². The Bertz CT molecular complexity index is 615. The minimum absolute atomic E-state index is 0.0556. The van der Waals surface area contributed by atoms with Gasteiger partial charge in [-0.3, -0.25) is 19.7 Å². The second-order valence-electron chi connectivity index (χ2n) is 5.33. The van der Waals surface area contributed by atoms with E-state index in [1.165, 1.54) is 12.1 Å². The summed E-state index contributed by atoms with van der Waals surface area (Å²) in [6.07, 6.45) is 0.178. The number of aryl methyl sites for hydroxylation is 1. The summed E-state index contributed by atoms with van der Waals surface area (Å²) in [5.41, 5.74) is 5.86. The first-order chi connectivity index (χ1) is 10.8. The number of nitrogens with one attached hydrogen (secondary N) is 1.